The fraction of sp³-hybridized carbons (Fsp3) is 0.308. The maximum Gasteiger partial charge on any atom is 0.265 e. The summed E-state index contributed by atoms with van der Waals surface area (Å²) in [4.78, 5) is 27.4. The molecule has 0 unspecified atom stereocenters. The van der Waals surface area contributed by atoms with Crippen LogP contribution in [0, 0.1) is 5.82 Å². The van der Waals surface area contributed by atoms with Crippen molar-refractivity contribution in [2.75, 3.05) is 17.4 Å². The van der Waals surface area contributed by atoms with Gasteiger partial charge in [-0.25, -0.2) is 12.8 Å². The summed E-state index contributed by atoms with van der Waals surface area (Å²) >= 11 is 0. The minimum Gasteiger partial charge on any atom is -0.355 e. The van der Waals surface area contributed by atoms with Crippen molar-refractivity contribution in [3.8, 4) is 0 Å². The van der Waals surface area contributed by atoms with Gasteiger partial charge < -0.3 is 10.2 Å². The van der Waals surface area contributed by atoms with Crippen LogP contribution in [-0.2, 0) is 26.2 Å². The molecular formula is C26H28FN3O4S. The zero-order chi connectivity index (χ0) is 25.2. The first-order valence-electron chi connectivity index (χ1n) is 11.6. The zero-order valence-electron chi connectivity index (χ0n) is 19.7. The SMILES string of the molecule is CCNC(=O)[C@H](C)N(Cc1ccc(F)cc1)C(=O)CCCN1c2cccc3cccc(c23)S1(=O)=O. The molecule has 0 saturated carbocycles. The molecule has 0 fully saturated rings. The number of hydrogen-bond acceptors (Lipinski definition) is 4. The molecule has 4 rings (SSSR count). The van der Waals surface area contributed by atoms with E-state index in [0.29, 0.717) is 23.2 Å². The van der Waals surface area contributed by atoms with Gasteiger partial charge in [-0.2, -0.15) is 0 Å². The number of nitrogens with one attached hydrogen (secondary N) is 1. The standard InChI is InChI=1S/C26H28FN3O4S/c1-3-28-26(32)18(2)29(17-19-12-14-21(27)15-13-19)24(31)11-6-16-30-22-9-4-7-20-8-5-10-23(25(20)22)35(30,33)34/h4-5,7-10,12-15,18H,3,6,11,16-17H2,1-2H3,(H,28,32)/t18-/m0/s1. The van der Waals surface area contributed by atoms with Crippen molar-refractivity contribution in [3.63, 3.8) is 0 Å². The van der Waals surface area contributed by atoms with Gasteiger partial charge in [-0.05, 0) is 55.5 Å². The van der Waals surface area contributed by atoms with Gasteiger partial charge in [-0.15, -0.1) is 0 Å². The number of anilines is 1. The van der Waals surface area contributed by atoms with Crippen LogP contribution in [0.15, 0.2) is 65.6 Å². The fourth-order valence-corrected chi connectivity index (χ4v) is 6.16. The number of halogens is 1. The van der Waals surface area contributed by atoms with Gasteiger partial charge in [0.2, 0.25) is 11.8 Å². The van der Waals surface area contributed by atoms with Gasteiger partial charge in [-0.1, -0.05) is 36.4 Å². The summed E-state index contributed by atoms with van der Waals surface area (Å²) in [5.74, 6) is -0.946. The molecular weight excluding hydrogens is 469 g/mol. The third-order valence-corrected chi connectivity index (χ3v) is 8.07. The topological polar surface area (TPSA) is 86.8 Å². The van der Waals surface area contributed by atoms with E-state index in [1.54, 1.807) is 44.2 Å². The van der Waals surface area contributed by atoms with E-state index in [2.05, 4.69) is 5.32 Å². The molecule has 2 amide bonds. The molecule has 1 heterocycles. The lowest BCUT2D eigenvalue weighted by atomic mass is 10.1. The Labute approximate surface area is 204 Å². The molecule has 3 aromatic carbocycles. The second kappa shape index (κ2) is 10.0. The number of hydrogen-bond donors (Lipinski definition) is 1. The highest BCUT2D eigenvalue weighted by Gasteiger charge is 2.35. The molecule has 0 spiro atoms. The van der Waals surface area contributed by atoms with E-state index < -0.39 is 16.1 Å². The summed E-state index contributed by atoms with van der Waals surface area (Å²) in [5, 5.41) is 4.28. The summed E-state index contributed by atoms with van der Waals surface area (Å²) in [6.07, 6.45) is 0.341. The average Bonchev–Trinajstić information content (AvgIpc) is 3.06. The van der Waals surface area contributed by atoms with E-state index in [-0.39, 0.29) is 48.5 Å². The minimum atomic E-state index is -3.70. The van der Waals surface area contributed by atoms with Gasteiger partial charge in [0.15, 0.2) is 0 Å². The molecule has 1 aliphatic heterocycles. The Hall–Kier alpha value is -3.46. The first-order valence-corrected chi connectivity index (χ1v) is 13.0. The van der Waals surface area contributed by atoms with E-state index in [1.165, 1.54) is 21.3 Å². The van der Waals surface area contributed by atoms with Crippen LogP contribution in [0.4, 0.5) is 10.1 Å². The number of carbonyl (C=O) groups is 2. The molecule has 0 bridgehead atoms. The second-order valence-electron chi connectivity index (χ2n) is 8.53. The molecule has 184 valence electrons. The minimum absolute atomic E-state index is 0.0588. The smallest absolute Gasteiger partial charge is 0.265 e. The van der Waals surface area contributed by atoms with Crippen LogP contribution >= 0.6 is 0 Å². The highest BCUT2D eigenvalue weighted by atomic mass is 32.2. The van der Waals surface area contributed by atoms with Crippen LogP contribution in [0.5, 0.6) is 0 Å². The summed E-state index contributed by atoms with van der Waals surface area (Å²) in [7, 11) is -3.70. The van der Waals surface area contributed by atoms with Crippen molar-refractivity contribution < 1.29 is 22.4 Å². The molecule has 3 aromatic rings. The second-order valence-corrected chi connectivity index (χ2v) is 10.4. The van der Waals surface area contributed by atoms with Crippen molar-refractivity contribution in [1.29, 1.82) is 0 Å². The fourth-order valence-electron chi connectivity index (χ4n) is 4.41. The molecule has 9 heteroatoms. The lowest BCUT2D eigenvalue weighted by molar-refractivity contribution is -0.140. The molecule has 0 saturated heterocycles. The Morgan fingerprint density at radius 3 is 2.43 bits per heavy atom. The maximum absolute atomic E-state index is 13.3. The van der Waals surface area contributed by atoms with Gasteiger partial charge >= 0.3 is 0 Å². The van der Waals surface area contributed by atoms with Crippen LogP contribution in [-0.4, -0.2) is 44.3 Å². The van der Waals surface area contributed by atoms with E-state index >= 15 is 0 Å². The lowest BCUT2D eigenvalue weighted by Gasteiger charge is -2.29. The van der Waals surface area contributed by atoms with E-state index in [0.717, 1.165) is 5.39 Å². The van der Waals surface area contributed by atoms with Crippen LogP contribution in [0.1, 0.15) is 32.3 Å². The van der Waals surface area contributed by atoms with Gasteiger partial charge in [0.05, 0.1) is 10.6 Å². The van der Waals surface area contributed by atoms with E-state index in [9.17, 15) is 22.4 Å². The summed E-state index contributed by atoms with van der Waals surface area (Å²) in [6, 6.07) is 15.7. The first-order chi connectivity index (χ1) is 16.7. The number of nitrogens with zero attached hydrogens (tertiary/aromatic N) is 2. The molecule has 0 radical (unpaired) electrons. The van der Waals surface area contributed by atoms with Gasteiger partial charge in [-0.3, -0.25) is 13.9 Å². The Balaban J connectivity index is 1.49. The average molecular weight is 498 g/mol. The molecule has 35 heavy (non-hydrogen) atoms. The molecule has 0 aromatic heterocycles. The first kappa shape index (κ1) is 24.7. The Morgan fingerprint density at radius 1 is 1.06 bits per heavy atom. The summed E-state index contributed by atoms with van der Waals surface area (Å²) in [6.45, 7) is 4.16. The van der Waals surface area contributed by atoms with E-state index in [1.807, 2.05) is 18.2 Å². The number of sulfonamides is 1. The van der Waals surface area contributed by atoms with Crippen molar-refractivity contribution in [1.82, 2.24) is 10.2 Å². The number of amides is 2. The van der Waals surface area contributed by atoms with E-state index in [4.69, 9.17) is 0 Å². The van der Waals surface area contributed by atoms with Crippen LogP contribution < -0.4 is 9.62 Å². The molecule has 1 atom stereocenters. The van der Waals surface area contributed by atoms with Gasteiger partial charge in [0.25, 0.3) is 10.0 Å². The highest BCUT2D eigenvalue weighted by molar-refractivity contribution is 7.93. The van der Waals surface area contributed by atoms with Crippen LogP contribution in [0.25, 0.3) is 10.8 Å². The Kier molecular flexibility index (Phi) is 7.07. The largest absolute Gasteiger partial charge is 0.355 e. The zero-order valence-corrected chi connectivity index (χ0v) is 20.5. The Bertz CT molecular complexity index is 1350. The van der Waals surface area contributed by atoms with Crippen LogP contribution in [0.2, 0.25) is 0 Å². The summed E-state index contributed by atoms with van der Waals surface area (Å²) < 4.78 is 41.0. The molecule has 1 aliphatic rings. The lowest BCUT2D eigenvalue weighted by Crippen LogP contribution is -2.47. The summed E-state index contributed by atoms with van der Waals surface area (Å²) in [5.41, 5.74) is 1.31. The number of likely N-dealkylation sites (N-methyl/N-ethyl adjacent to an activating group) is 1. The molecule has 0 aliphatic carbocycles. The predicted molar refractivity (Wildman–Crippen MR) is 133 cm³/mol. The monoisotopic (exact) mass is 497 g/mol. The quantitative estimate of drug-likeness (QED) is 0.487. The van der Waals surface area contributed by atoms with Gasteiger partial charge in [0, 0.05) is 31.4 Å². The van der Waals surface area contributed by atoms with Crippen LogP contribution in [0.3, 0.4) is 0 Å². The van der Waals surface area contributed by atoms with Gasteiger partial charge in [0.1, 0.15) is 11.9 Å². The van der Waals surface area contributed by atoms with Crippen molar-refractivity contribution >= 4 is 38.3 Å². The molecule has 1 N–H and O–H groups in total. The third kappa shape index (κ3) is 4.86. The number of benzene rings is 3. The van der Waals surface area contributed by atoms with Crippen molar-refractivity contribution in [3.05, 3.63) is 72.0 Å². The normalized spacial score (nSPS) is 14.7. The number of carbonyl (C=O) groups excluding carboxylic acids is 2. The third-order valence-electron chi connectivity index (χ3n) is 6.22. The predicted octanol–water partition coefficient (Wildman–Crippen LogP) is 3.82. The maximum atomic E-state index is 13.3. The van der Waals surface area contributed by atoms with Crippen molar-refractivity contribution in [2.24, 2.45) is 0 Å². The highest BCUT2D eigenvalue weighted by Crippen LogP contribution is 2.42. The van der Waals surface area contributed by atoms with Crippen molar-refractivity contribution in [2.45, 2.75) is 44.2 Å². The Morgan fingerprint density at radius 2 is 1.74 bits per heavy atom. The molecule has 7 nitrogen and oxygen atoms in total. The number of rotatable bonds is 9.